The van der Waals surface area contributed by atoms with E-state index in [1.807, 2.05) is 30.0 Å². The van der Waals surface area contributed by atoms with Gasteiger partial charge in [-0.1, -0.05) is 18.6 Å². The van der Waals surface area contributed by atoms with Gasteiger partial charge in [0.2, 0.25) is 5.95 Å². The van der Waals surface area contributed by atoms with Crippen LogP contribution in [0, 0.1) is 6.92 Å². The maximum absolute atomic E-state index is 13.4. The van der Waals surface area contributed by atoms with Crippen molar-refractivity contribution in [3.63, 3.8) is 0 Å². The molecule has 1 aliphatic heterocycles. The van der Waals surface area contributed by atoms with Crippen molar-refractivity contribution in [2.45, 2.75) is 32.9 Å². The van der Waals surface area contributed by atoms with E-state index in [2.05, 4.69) is 20.2 Å². The van der Waals surface area contributed by atoms with E-state index in [9.17, 15) is 18.0 Å². The zero-order valence-corrected chi connectivity index (χ0v) is 18.4. The normalized spacial score (nSPS) is 14.9. The molecule has 1 aromatic carbocycles. The number of aromatic nitrogens is 5. The minimum Gasteiger partial charge on any atom is -0.339 e. The number of halogens is 3. The fourth-order valence-electron chi connectivity index (χ4n) is 3.89. The Labute approximate surface area is 189 Å². The smallest absolute Gasteiger partial charge is 0.339 e. The number of hydrogen-bond acceptors (Lipinski definition) is 6. The molecule has 0 atom stereocenters. The van der Waals surface area contributed by atoms with Gasteiger partial charge in [-0.3, -0.25) is 4.79 Å². The van der Waals surface area contributed by atoms with E-state index in [0.717, 1.165) is 11.8 Å². The first-order valence-corrected chi connectivity index (χ1v) is 10.7. The molecule has 0 spiro atoms. The summed E-state index contributed by atoms with van der Waals surface area (Å²) in [4.78, 5) is 26.6. The van der Waals surface area contributed by atoms with Gasteiger partial charge in [-0.2, -0.15) is 28.2 Å². The lowest BCUT2D eigenvalue weighted by molar-refractivity contribution is -0.138. The van der Waals surface area contributed by atoms with Crippen LogP contribution in [0.15, 0.2) is 36.8 Å². The predicted molar refractivity (Wildman–Crippen MR) is 115 cm³/mol. The fraction of sp³-hybridized carbons (Fsp3) is 0.409. The van der Waals surface area contributed by atoms with Crippen molar-refractivity contribution in [2.24, 2.45) is 0 Å². The van der Waals surface area contributed by atoms with Gasteiger partial charge in [-0.05, 0) is 31.9 Å². The van der Waals surface area contributed by atoms with Crippen molar-refractivity contribution >= 4 is 11.9 Å². The molecule has 1 aliphatic rings. The van der Waals surface area contributed by atoms with Crippen molar-refractivity contribution in [1.29, 1.82) is 0 Å². The molecular weight excluding hydrogens is 435 g/mol. The molecule has 0 N–H and O–H groups in total. The van der Waals surface area contributed by atoms with E-state index in [1.165, 1.54) is 4.80 Å². The quantitative estimate of drug-likeness (QED) is 0.596. The van der Waals surface area contributed by atoms with Crippen molar-refractivity contribution in [3.05, 3.63) is 59.2 Å². The molecule has 0 aliphatic carbocycles. The third-order valence-corrected chi connectivity index (χ3v) is 5.58. The van der Waals surface area contributed by atoms with Crippen LogP contribution in [0.1, 0.15) is 40.5 Å². The summed E-state index contributed by atoms with van der Waals surface area (Å²) in [5.41, 5.74) is 1.20. The van der Waals surface area contributed by atoms with E-state index < -0.39 is 11.7 Å². The SMILES string of the molecule is CCc1nc(N2CCCN(C(=O)c3cc(C)ccc3-n3nccn3)CC2)ncc1C(F)(F)F. The Morgan fingerprint density at radius 3 is 2.55 bits per heavy atom. The lowest BCUT2D eigenvalue weighted by atomic mass is 10.1. The second-order valence-corrected chi connectivity index (χ2v) is 7.85. The summed E-state index contributed by atoms with van der Waals surface area (Å²) >= 11 is 0. The molecule has 3 heterocycles. The number of nitrogens with zero attached hydrogens (tertiary/aromatic N) is 7. The van der Waals surface area contributed by atoms with Gasteiger partial charge in [-0.25, -0.2) is 9.97 Å². The summed E-state index contributed by atoms with van der Waals surface area (Å²) in [6.45, 7) is 5.41. The van der Waals surface area contributed by atoms with Gasteiger partial charge >= 0.3 is 6.18 Å². The monoisotopic (exact) mass is 459 g/mol. The largest absolute Gasteiger partial charge is 0.419 e. The fourth-order valence-corrected chi connectivity index (χ4v) is 3.89. The van der Waals surface area contributed by atoms with Crippen molar-refractivity contribution in [2.75, 3.05) is 31.1 Å². The number of amides is 1. The van der Waals surface area contributed by atoms with E-state index >= 15 is 0 Å². The van der Waals surface area contributed by atoms with Crippen LogP contribution in [0.5, 0.6) is 0 Å². The molecule has 1 amide bonds. The van der Waals surface area contributed by atoms with Crippen molar-refractivity contribution in [1.82, 2.24) is 29.9 Å². The first kappa shape index (κ1) is 22.7. The first-order valence-electron chi connectivity index (χ1n) is 10.7. The van der Waals surface area contributed by atoms with Gasteiger partial charge in [0.25, 0.3) is 5.91 Å². The van der Waals surface area contributed by atoms with Gasteiger partial charge in [0.05, 0.1) is 34.9 Å². The van der Waals surface area contributed by atoms with Gasteiger partial charge in [0.1, 0.15) is 0 Å². The van der Waals surface area contributed by atoms with Crippen LogP contribution >= 0.6 is 0 Å². The van der Waals surface area contributed by atoms with Gasteiger partial charge < -0.3 is 9.80 Å². The molecule has 1 saturated heterocycles. The Morgan fingerprint density at radius 1 is 1.09 bits per heavy atom. The number of alkyl halides is 3. The number of hydrogen-bond donors (Lipinski definition) is 0. The molecule has 0 saturated carbocycles. The molecule has 8 nitrogen and oxygen atoms in total. The first-order chi connectivity index (χ1) is 15.8. The van der Waals surface area contributed by atoms with Crippen LogP contribution in [0.25, 0.3) is 5.69 Å². The molecule has 174 valence electrons. The lowest BCUT2D eigenvalue weighted by Gasteiger charge is -2.23. The Bertz CT molecular complexity index is 1130. The van der Waals surface area contributed by atoms with Crippen molar-refractivity contribution < 1.29 is 18.0 Å². The molecule has 0 bridgehead atoms. The highest BCUT2D eigenvalue weighted by molar-refractivity contribution is 5.98. The van der Waals surface area contributed by atoms with E-state index in [4.69, 9.17) is 0 Å². The molecule has 11 heteroatoms. The van der Waals surface area contributed by atoms with Crippen LogP contribution in [0.3, 0.4) is 0 Å². The van der Waals surface area contributed by atoms with Gasteiger partial charge in [0, 0.05) is 32.4 Å². The molecule has 4 rings (SSSR count). The van der Waals surface area contributed by atoms with Crippen LogP contribution < -0.4 is 4.90 Å². The van der Waals surface area contributed by atoms with Crippen LogP contribution in [-0.4, -0.2) is 61.9 Å². The summed E-state index contributed by atoms with van der Waals surface area (Å²) in [6.07, 6.45) is 0.254. The molecule has 0 radical (unpaired) electrons. The summed E-state index contributed by atoms with van der Waals surface area (Å²) in [6, 6.07) is 5.53. The minimum atomic E-state index is -4.49. The number of rotatable bonds is 4. The Balaban J connectivity index is 1.54. The lowest BCUT2D eigenvalue weighted by Crippen LogP contribution is -2.36. The maximum Gasteiger partial charge on any atom is 0.419 e. The zero-order valence-electron chi connectivity index (χ0n) is 18.4. The topological polar surface area (TPSA) is 80.0 Å². The highest BCUT2D eigenvalue weighted by Crippen LogP contribution is 2.32. The Hall–Kier alpha value is -3.50. The van der Waals surface area contributed by atoms with Crippen molar-refractivity contribution in [3.8, 4) is 5.69 Å². The number of carbonyl (C=O) groups excluding carboxylic acids is 1. The summed E-state index contributed by atoms with van der Waals surface area (Å²) in [5.74, 6) is 0.113. The van der Waals surface area contributed by atoms with E-state index in [-0.39, 0.29) is 24.0 Å². The molecular formula is C22H24F3N7O. The second-order valence-electron chi connectivity index (χ2n) is 7.85. The van der Waals surface area contributed by atoms with E-state index in [0.29, 0.717) is 43.9 Å². The molecule has 1 fully saturated rings. The number of anilines is 1. The summed E-state index contributed by atoms with van der Waals surface area (Å²) in [7, 11) is 0. The minimum absolute atomic E-state index is 0.0270. The Morgan fingerprint density at radius 2 is 1.85 bits per heavy atom. The molecule has 33 heavy (non-hydrogen) atoms. The molecule has 2 aromatic heterocycles. The van der Waals surface area contributed by atoms with Crippen LogP contribution in [-0.2, 0) is 12.6 Å². The summed E-state index contributed by atoms with van der Waals surface area (Å²) < 4.78 is 39.6. The molecule has 3 aromatic rings. The Kier molecular flexibility index (Phi) is 6.30. The third-order valence-electron chi connectivity index (χ3n) is 5.58. The zero-order chi connectivity index (χ0) is 23.6. The molecule has 0 unspecified atom stereocenters. The van der Waals surface area contributed by atoms with Gasteiger partial charge in [0.15, 0.2) is 0 Å². The highest BCUT2D eigenvalue weighted by atomic mass is 19.4. The predicted octanol–water partition coefficient (Wildman–Crippen LogP) is 3.30. The van der Waals surface area contributed by atoms with Gasteiger partial charge in [-0.15, -0.1) is 0 Å². The van der Waals surface area contributed by atoms with E-state index in [1.54, 1.807) is 24.2 Å². The maximum atomic E-state index is 13.4. The number of carbonyl (C=O) groups is 1. The summed E-state index contributed by atoms with van der Waals surface area (Å²) in [5, 5.41) is 8.29. The number of benzene rings is 1. The van der Waals surface area contributed by atoms with Crippen LogP contribution in [0.4, 0.5) is 19.1 Å². The standard InChI is InChI=1S/C22H24F3N7O/c1-3-18-17(22(23,24)25)14-26-21(29-18)31-10-4-9-30(11-12-31)20(33)16-13-15(2)5-6-19(16)32-27-7-8-28-32/h5-8,13-14H,3-4,9-12H2,1-2H3. The highest BCUT2D eigenvalue weighted by Gasteiger charge is 2.35. The average molecular weight is 459 g/mol. The average Bonchev–Trinajstić information content (AvgIpc) is 3.21. The van der Waals surface area contributed by atoms with Crippen LogP contribution in [0.2, 0.25) is 0 Å². The second kappa shape index (κ2) is 9.16. The third kappa shape index (κ3) is 4.81. The number of aryl methyl sites for hydroxylation is 2.